The fraction of sp³-hybridized carbons (Fsp3) is 0.414. The molecular formula is C58H64N10. The summed E-state index contributed by atoms with van der Waals surface area (Å²) in [5, 5.41) is 82.6. The van der Waals surface area contributed by atoms with Gasteiger partial charge in [-0.05, 0) is 72.2 Å². The first-order chi connectivity index (χ1) is 33.3. The molecule has 0 unspecified atom stereocenters. The number of unbranched alkanes of at least 4 members (excludes halogenated alkanes) is 12. The third kappa shape index (κ3) is 15.6. The Bertz CT molecular complexity index is 2320. The lowest BCUT2D eigenvalue weighted by Crippen LogP contribution is -2.25. The molecule has 0 aliphatic carbocycles. The van der Waals surface area contributed by atoms with Crippen LogP contribution in [0.25, 0.3) is 22.3 Å². The van der Waals surface area contributed by atoms with Gasteiger partial charge < -0.3 is 9.80 Å². The van der Waals surface area contributed by atoms with Crippen LogP contribution in [0.2, 0.25) is 0 Å². The van der Waals surface area contributed by atoms with Crippen molar-refractivity contribution in [3.8, 4) is 48.6 Å². The fourth-order valence-corrected chi connectivity index (χ4v) is 8.34. The summed E-state index contributed by atoms with van der Waals surface area (Å²) >= 11 is 0. The Hall–Kier alpha value is -7.86. The van der Waals surface area contributed by atoms with E-state index in [0.717, 1.165) is 140 Å². The molecule has 346 valence electrons. The zero-order valence-corrected chi connectivity index (χ0v) is 40.5. The highest BCUT2D eigenvalue weighted by Crippen LogP contribution is 2.41. The summed E-state index contributed by atoms with van der Waals surface area (Å²) in [5.74, 6) is 0. The van der Waals surface area contributed by atoms with E-state index in [9.17, 15) is 42.1 Å². The van der Waals surface area contributed by atoms with Gasteiger partial charge in [-0.3, -0.25) is 0 Å². The van der Waals surface area contributed by atoms with Crippen LogP contribution in [-0.2, 0) is 0 Å². The van der Waals surface area contributed by atoms with E-state index in [1.54, 1.807) is 24.3 Å². The first-order valence-electron chi connectivity index (χ1n) is 24.3. The average Bonchev–Trinajstić information content (AvgIpc) is 3.38. The number of nitrogens with zero attached hydrogens (tertiary/aromatic N) is 10. The molecule has 0 fully saturated rings. The number of anilines is 2. The molecular weight excluding hydrogens is 837 g/mol. The number of nitriles is 8. The first-order valence-corrected chi connectivity index (χ1v) is 24.3. The molecule has 0 atom stereocenters. The predicted octanol–water partition coefficient (Wildman–Crippen LogP) is 14.2. The lowest BCUT2D eigenvalue weighted by atomic mass is 9.83. The van der Waals surface area contributed by atoms with Crippen molar-refractivity contribution in [3.63, 3.8) is 0 Å². The van der Waals surface area contributed by atoms with Gasteiger partial charge in [-0.2, -0.15) is 42.1 Å². The Morgan fingerprint density at radius 3 is 0.662 bits per heavy atom. The third-order valence-corrected chi connectivity index (χ3v) is 12.0. The molecule has 0 heterocycles. The standard InChI is InChI=1S/C58H64N10/c1-5-9-13-17-33-67(34-18-14-10-6-2)53-29-25-47(26-30-53)57(51(41-63)42-64)55(49(37-59)38-60)45-21-23-46(24-22-45)56(50(39-61)40-62)58(52(43-65)44-66)48-27-31-54(32-28-48)68(35-19-15-11-7-3)36-20-16-12-8-4/h21-32H,5-20,33-36H2,1-4H3. The van der Waals surface area contributed by atoms with Crippen LogP contribution < -0.4 is 9.80 Å². The van der Waals surface area contributed by atoms with Crippen LogP contribution in [-0.4, -0.2) is 26.2 Å². The summed E-state index contributed by atoms with van der Waals surface area (Å²) in [7, 11) is 0. The minimum absolute atomic E-state index is 0.0599. The molecule has 0 aromatic heterocycles. The Morgan fingerprint density at radius 2 is 0.485 bits per heavy atom. The highest BCUT2D eigenvalue weighted by atomic mass is 15.1. The zero-order chi connectivity index (χ0) is 49.5. The summed E-state index contributed by atoms with van der Waals surface area (Å²) < 4.78 is 0. The summed E-state index contributed by atoms with van der Waals surface area (Å²) in [6, 6.07) is 37.2. The molecule has 0 amide bonds. The average molecular weight is 901 g/mol. The molecule has 3 aromatic carbocycles. The molecule has 0 bridgehead atoms. The molecule has 0 spiro atoms. The van der Waals surface area contributed by atoms with Gasteiger partial charge in [-0.15, -0.1) is 0 Å². The van der Waals surface area contributed by atoms with Crippen molar-refractivity contribution in [1.29, 1.82) is 42.1 Å². The Labute approximate surface area is 406 Å². The third-order valence-electron chi connectivity index (χ3n) is 12.0. The second kappa shape index (κ2) is 31.1. The maximum atomic E-state index is 10.3. The van der Waals surface area contributed by atoms with Crippen LogP contribution >= 0.6 is 0 Å². The SMILES string of the molecule is CCCCCCN(CCCCCC)c1ccc(C(=C(C#N)C#N)C(=C(C#N)C#N)c2ccc(C(=C(C#N)C#N)C(=C(C#N)C#N)c3ccc(N(CCCCCC)CCCCCC)cc3)cc2)cc1. The van der Waals surface area contributed by atoms with Gasteiger partial charge in [0, 0.05) is 59.8 Å². The van der Waals surface area contributed by atoms with Gasteiger partial charge in [-0.1, -0.05) is 153 Å². The minimum atomic E-state index is -0.333. The number of allylic oxidation sites excluding steroid dienone is 8. The van der Waals surface area contributed by atoms with Gasteiger partial charge in [-0.25, -0.2) is 0 Å². The highest BCUT2D eigenvalue weighted by Gasteiger charge is 2.25. The van der Waals surface area contributed by atoms with E-state index in [1.165, 1.54) is 0 Å². The van der Waals surface area contributed by atoms with Crippen LogP contribution in [0.4, 0.5) is 11.4 Å². The van der Waals surface area contributed by atoms with Gasteiger partial charge in [0.15, 0.2) is 0 Å². The predicted molar refractivity (Wildman–Crippen MR) is 273 cm³/mol. The Kier molecular flexibility index (Phi) is 24.9. The van der Waals surface area contributed by atoms with Gasteiger partial charge >= 0.3 is 0 Å². The van der Waals surface area contributed by atoms with Crippen LogP contribution in [0.1, 0.15) is 153 Å². The first kappa shape index (κ1) is 54.5. The molecule has 0 aliphatic rings. The number of hydrogen-bond acceptors (Lipinski definition) is 10. The molecule has 0 saturated carbocycles. The summed E-state index contributed by atoms with van der Waals surface area (Å²) in [4.78, 5) is 4.73. The Morgan fingerprint density at radius 1 is 0.294 bits per heavy atom. The topological polar surface area (TPSA) is 197 Å². The number of hydrogen-bond donors (Lipinski definition) is 0. The van der Waals surface area contributed by atoms with Crippen LogP contribution in [0.15, 0.2) is 95.1 Å². The molecule has 3 aromatic rings. The summed E-state index contributed by atoms with van der Waals surface area (Å²) in [5.41, 5.74) is 2.61. The van der Waals surface area contributed by atoms with E-state index in [0.29, 0.717) is 22.3 Å². The monoisotopic (exact) mass is 901 g/mol. The molecule has 3 rings (SSSR count). The fourth-order valence-electron chi connectivity index (χ4n) is 8.34. The van der Waals surface area contributed by atoms with Gasteiger partial charge in [0.05, 0.1) is 0 Å². The maximum Gasteiger partial charge on any atom is 0.138 e. The minimum Gasteiger partial charge on any atom is -0.372 e. The molecule has 0 aliphatic heterocycles. The van der Waals surface area contributed by atoms with E-state index in [4.69, 9.17) is 0 Å². The van der Waals surface area contributed by atoms with Crippen molar-refractivity contribution in [2.45, 2.75) is 130 Å². The normalized spacial score (nSPS) is 9.94. The van der Waals surface area contributed by atoms with Gasteiger partial charge in [0.2, 0.25) is 0 Å². The van der Waals surface area contributed by atoms with E-state index < -0.39 is 0 Å². The van der Waals surface area contributed by atoms with Crippen LogP contribution in [0.5, 0.6) is 0 Å². The molecule has 10 nitrogen and oxygen atoms in total. The zero-order valence-electron chi connectivity index (χ0n) is 40.5. The largest absolute Gasteiger partial charge is 0.372 e. The molecule has 0 N–H and O–H groups in total. The van der Waals surface area contributed by atoms with Crippen molar-refractivity contribution in [2.75, 3.05) is 36.0 Å². The lowest BCUT2D eigenvalue weighted by Gasteiger charge is -2.26. The van der Waals surface area contributed by atoms with Crippen molar-refractivity contribution < 1.29 is 0 Å². The summed E-state index contributed by atoms with van der Waals surface area (Å²) in [6.07, 6.45) is 17.9. The van der Waals surface area contributed by atoms with Crippen molar-refractivity contribution in [2.24, 2.45) is 0 Å². The second-order valence-electron chi connectivity index (χ2n) is 16.8. The van der Waals surface area contributed by atoms with E-state index in [-0.39, 0.29) is 44.6 Å². The number of rotatable bonds is 28. The molecule has 10 heteroatoms. The quantitative estimate of drug-likeness (QED) is 0.0384. The van der Waals surface area contributed by atoms with Crippen molar-refractivity contribution >= 4 is 33.7 Å². The highest BCUT2D eigenvalue weighted by molar-refractivity contribution is 6.13. The second-order valence-corrected chi connectivity index (χ2v) is 16.8. The van der Waals surface area contributed by atoms with E-state index >= 15 is 0 Å². The van der Waals surface area contributed by atoms with E-state index in [2.05, 4.69) is 37.5 Å². The van der Waals surface area contributed by atoms with Crippen molar-refractivity contribution in [3.05, 3.63) is 117 Å². The summed E-state index contributed by atoms with van der Waals surface area (Å²) in [6.45, 7) is 12.3. The van der Waals surface area contributed by atoms with Crippen molar-refractivity contribution in [1.82, 2.24) is 0 Å². The van der Waals surface area contributed by atoms with Gasteiger partial charge in [0.1, 0.15) is 70.8 Å². The maximum absolute atomic E-state index is 10.3. The van der Waals surface area contributed by atoms with Gasteiger partial charge in [0.25, 0.3) is 0 Å². The van der Waals surface area contributed by atoms with Crippen LogP contribution in [0.3, 0.4) is 0 Å². The van der Waals surface area contributed by atoms with Crippen LogP contribution in [0, 0.1) is 90.6 Å². The smallest absolute Gasteiger partial charge is 0.138 e. The van der Waals surface area contributed by atoms with E-state index in [1.807, 2.05) is 97.1 Å². The molecule has 0 saturated heterocycles. The molecule has 68 heavy (non-hydrogen) atoms. The number of benzene rings is 3. The Balaban J connectivity index is 2.22. The lowest BCUT2D eigenvalue weighted by molar-refractivity contribution is 0.609. The molecule has 0 radical (unpaired) electrons.